The highest BCUT2D eigenvalue weighted by Gasteiger charge is 2.32. The van der Waals surface area contributed by atoms with Crippen molar-refractivity contribution >= 4 is 5.91 Å². The second-order valence-corrected chi connectivity index (χ2v) is 5.78. The first-order valence-electron chi connectivity index (χ1n) is 7.18. The monoisotopic (exact) mass is 285 g/mol. The Morgan fingerprint density at radius 1 is 1.43 bits per heavy atom. The van der Waals surface area contributed by atoms with Gasteiger partial charge in [-0.3, -0.25) is 9.89 Å². The molecule has 0 aliphatic heterocycles. The summed E-state index contributed by atoms with van der Waals surface area (Å²) in [7, 11) is 0. The number of amides is 1. The van der Waals surface area contributed by atoms with Crippen LogP contribution in [0.4, 0.5) is 0 Å². The van der Waals surface area contributed by atoms with Gasteiger partial charge in [-0.15, -0.1) is 0 Å². The van der Waals surface area contributed by atoms with Crippen molar-refractivity contribution in [1.82, 2.24) is 15.5 Å². The molecule has 1 amide bonds. The number of fused-ring (bicyclic) bond motifs is 1. The van der Waals surface area contributed by atoms with Gasteiger partial charge in [-0.25, -0.2) is 0 Å². The average Bonchev–Trinajstić information content (AvgIpc) is 3.05. The van der Waals surface area contributed by atoms with Crippen LogP contribution >= 0.6 is 0 Å². The van der Waals surface area contributed by atoms with Crippen LogP contribution in [0.1, 0.15) is 53.1 Å². The summed E-state index contributed by atoms with van der Waals surface area (Å²) in [5.74, 6) is 0.0238. The van der Waals surface area contributed by atoms with Crippen molar-refractivity contribution in [1.29, 1.82) is 0 Å². The predicted molar refractivity (Wildman–Crippen MR) is 79.0 cm³/mol. The highest BCUT2D eigenvalue weighted by Crippen LogP contribution is 2.31. The predicted octanol–water partition coefficient (Wildman–Crippen LogP) is 1.92. The van der Waals surface area contributed by atoms with Gasteiger partial charge in [-0.2, -0.15) is 5.10 Å². The second kappa shape index (κ2) is 5.33. The van der Waals surface area contributed by atoms with Gasteiger partial charge >= 0.3 is 0 Å². The molecule has 2 unspecified atom stereocenters. The van der Waals surface area contributed by atoms with E-state index in [0.29, 0.717) is 12.1 Å². The molecule has 3 rings (SSSR count). The van der Waals surface area contributed by atoms with E-state index in [4.69, 9.17) is 0 Å². The summed E-state index contributed by atoms with van der Waals surface area (Å²) in [5, 5.41) is 19.9. The van der Waals surface area contributed by atoms with Gasteiger partial charge in [0.1, 0.15) is 5.69 Å². The van der Waals surface area contributed by atoms with Gasteiger partial charge in [0, 0.05) is 12.1 Å². The highest BCUT2D eigenvalue weighted by molar-refractivity contribution is 5.92. The van der Waals surface area contributed by atoms with Gasteiger partial charge in [0.15, 0.2) is 0 Å². The number of aliphatic hydroxyl groups excluding tert-OH is 1. The number of nitrogens with one attached hydrogen (secondary N) is 2. The van der Waals surface area contributed by atoms with Crippen LogP contribution in [0.15, 0.2) is 30.3 Å². The number of benzene rings is 1. The standard InChI is InChI=1S/C16H19N3O2/c1-9(2)12-8-13(19-18-12)16(21)17-15-11-6-4-3-5-10(11)7-14(15)20/h3-6,8-9,14-15,20H,7H2,1-2H3,(H,17,21)(H,18,19). The first kappa shape index (κ1) is 13.8. The van der Waals surface area contributed by atoms with Crippen LogP contribution in [0.25, 0.3) is 0 Å². The van der Waals surface area contributed by atoms with E-state index in [1.54, 1.807) is 6.07 Å². The van der Waals surface area contributed by atoms with E-state index in [-0.39, 0.29) is 17.9 Å². The third kappa shape index (κ3) is 2.56. The topological polar surface area (TPSA) is 78.0 Å². The summed E-state index contributed by atoms with van der Waals surface area (Å²) >= 11 is 0. The normalized spacial score (nSPS) is 20.6. The Bertz CT molecular complexity index is 663. The Hall–Kier alpha value is -2.14. The number of aliphatic hydroxyl groups is 1. The number of H-pyrrole nitrogens is 1. The lowest BCUT2D eigenvalue weighted by Crippen LogP contribution is -2.34. The molecule has 0 saturated heterocycles. The highest BCUT2D eigenvalue weighted by atomic mass is 16.3. The number of hydrogen-bond donors (Lipinski definition) is 3. The van der Waals surface area contributed by atoms with Gasteiger partial charge in [0.25, 0.3) is 5.91 Å². The van der Waals surface area contributed by atoms with Gasteiger partial charge in [-0.1, -0.05) is 38.1 Å². The molecule has 2 atom stereocenters. The SMILES string of the molecule is CC(C)c1cc(C(=O)NC2c3ccccc3CC2O)n[nH]1. The summed E-state index contributed by atoms with van der Waals surface area (Å²) in [5.41, 5.74) is 3.35. The van der Waals surface area contributed by atoms with E-state index >= 15 is 0 Å². The lowest BCUT2D eigenvalue weighted by Gasteiger charge is -2.17. The third-order valence-electron chi connectivity index (χ3n) is 3.94. The molecule has 0 bridgehead atoms. The molecule has 1 aromatic carbocycles. The Morgan fingerprint density at radius 2 is 2.19 bits per heavy atom. The maximum Gasteiger partial charge on any atom is 0.272 e. The molecule has 1 aromatic heterocycles. The largest absolute Gasteiger partial charge is 0.390 e. The van der Waals surface area contributed by atoms with Crippen molar-refractivity contribution in [3.05, 3.63) is 52.8 Å². The number of rotatable bonds is 3. The fourth-order valence-corrected chi connectivity index (χ4v) is 2.71. The van der Waals surface area contributed by atoms with Crippen molar-refractivity contribution in [3.8, 4) is 0 Å². The van der Waals surface area contributed by atoms with Gasteiger partial charge < -0.3 is 10.4 Å². The molecule has 0 spiro atoms. The minimum absolute atomic E-state index is 0.265. The molecule has 2 aromatic rings. The van der Waals surface area contributed by atoms with Gasteiger partial charge in [-0.05, 0) is 23.1 Å². The first-order chi connectivity index (χ1) is 10.1. The number of nitrogens with zero attached hydrogens (tertiary/aromatic N) is 1. The zero-order chi connectivity index (χ0) is 15.0. The van der Waals surface area contributed by atoms with Crippen molar-refractivity contribution < 1.29 is 9.90 Å². The van der Waals surface area contributed by atoms with Crippen LogP contribution in [0, 0.1) is 0 Å². The van der Waals surface area contributed by atoms with Crippen molar-refractivity contribution in [2.24, 2.45) is 0 Å². The average molecular weight is 285 g/mol. The number of hydrogen-bond acceptors (Lipinski definition) is 3. The third-order valence-corrected chi connectivity index (χ3v) is 3.94. The molecule has 5 nitrogen and oxygen atoms in total. The van der Waals surface area contributed by atoms with E-state index in [9.17, 15) is 9.90 Å². The maximum atomic E-state index is 12.3. The number of aromatic nitrogens is 2. The van der Waals surface area contributed by atoms with Crippen LogP contribution in [0.5, 0.6) is 0 Å². The summed E-state index contributed by atoms with van der Waals surface area (Å²) in [6, 6.07) is 9.18. The van der Waals surface area contributed by atoms with Crippen molar-refractivity contribution in [2.45, 2.75) is 38.3 Å². The van der Waals surface area contributed by atoms with Crippen LogP contribution in [0.3, 0.4) is 0 Å². The van der Waals surface area contributed by atoms with Gasteiger partial charge in [0.2, 0.25) is 0 Å². The van der Waals surface area contributed by atoms with E-state index in [0.717, 1.165) is 16.8 Å². The quantitative estimate of drug-likeness (QED) is 0.806. The minimum Gasteiger partial charge on any atom is -0.390 e. The van der Waals surface area contributed by atoms with E-state index in [1.165, 1.54) is 0 Å². The number of carbonyl (C=O) groups is 1. The molecule has 0 fully saturated rings. The van der Waals surface area contributed by atoms with Crippen LogP contribution in [0.2, 0.25) is 0 Å². The fourth-order valence-electron chi connectivity index (χ4n) is 2.71. The molecular formula is C16H19N3O2. The molecular weight excluding hydrogens is 266 g/mol. The van der Waals surface area contributed by atoms with Crippen LogP contribution in [-0.2, 0) is 6.42 Å². The summed E-state index contributed by atoms with van der Waals surface area (Å²) in [6.45, 7) is 4.07. The molecule has 110 valence electrons. The lowest BCUT2D eigenvalue weighted by atomic mass is 10.1. The molecule has 1 heterocycles. The van der Waals surface area contributed by atoms with Crippen molar-refractivity contribution in [2.75, 3.05) is 0 Å². The zero-order valence-electron chi connectivity index (χ0n) is 12.1. The van der Waals surface area contributed by atoms with E-state index < -0.39 is 6.10 Å². The Labute approximate surface area is 123 Å². The molecule has 1 aliphatic rings. The number of aromatic amines is 1. The molecule has 0 radical (unpaired) electrons. The summed E-state index contributed by atoms with van der Waals surface area (Å²) in [6.07, 6.45) is -0.0197. The molecule has 5 heteroatoms. The molecule has 21 heavy (non-hydrogen) atoms. The summed E-state index contributed by atoms with van der Waals surface area (Å²) in [4.78, 5) is 12.3. The lowest BCUT2D eigenvalue weighted by molar-refractivity contribution is 0.0853. The smallest absolute Gasteiger partial charge is 0.272 e. The minimum atomic E-state index is -0.588. The Morgan fingerprint density at radius 3 is 2.90 bits per heavy atom. The molecule has 0 saturated carbocycles. The fraction of sp³-hybridized carbons (Fsp3) is 0.375. The van der Waals surface area contributed by atoms with Gasteiger partial charge in [0.05, 0.1) is 12.1 Å². The van der Waals surface area contributed by atoms with Crippen LogP contribution < -0.4 is 5.32 Å². The molecule has 1 aliphatic carbocycles. The van der Waals surface area contributed by atoms with Crippen LogP contribution in [-0.4, -0.2) is 27.3 Å². The maximum absolute atomic E-state index is 12.3. The Balaban J connectivity index is 1.78. The first-order valence-corrected chi connectivity index (χ1v) is 7.18. The number of carbonyl (C=O) groups excluding carboxylic acids is 1. The van der Waals surface area contributed by atoms with E-state index in [1.807, 2.05) is 38.1 Å². The second-order valence-electron chi connectivity index (χ2n) is 5.78. The zero-order valence-corrected chi connectivity index (χ0v) is 12.1. The molecule has 3 N–H and O–H groups in total. The summed E-state index contributed by atoms with van der Waals surface area (Å²) < 4.78 is 0. The Kier molecular flexibility index (Phi) is 3.51. The van der Waals surface area contributed by atoms with Crippen molar-refractivity contribution in [3.63, 3.8) is 0 Å². The van der Waals surface area contributed by atoms with E-state index in [2.05, 4.69) is 15.5 Å².